The average molecular weight is 230 g/mol. The number of hydrogen-bond acceptors (Lipinski definition) is 6. The smallest absolute Gasteiger partial charge is 0.331 e. The maximum atomic E-state index is 10.8. The maximum Gasteiger partial charge on any atom is 0.331 e. The zero-order chi connectivity index (χ0) is 11.4. The van der Waals surface area contributed by atoms with E-state index >= 15 is 0 Å². The topological polar surface area (TPSA) is 90.6 Å². The predicted octanol–water partition coefficient (Wildman–Crippen LogP) is 0.224. The molecule has 0 radical (unpaired) electrons. The van der Waals surface area contributed by atoms with Crippen LogP contribution in [0.2, 0.25) is 0 Å². The van der Waals surface area contributed by atoms with Crippen LogP contribution in [-0.2, 0) is 0 Å². The fourth-order valence-corrected chi connectivity index (χ4v) is 0.884. The maximum absolute atomic E-state index is 10.8. The quantitative estimate of drug-likeness (QED) is 0.725. The van der Waals surface area contributed by atoms with Gasteiger partial charge in [-0.2, -0.15) is 9.97 Å². The van der Waals surface area contributed by atoms with E-state index in [0.717, 1.165) is 4.31 Å². The monoisotopic (exact) mass is 230 g/mol. The van der Waals surface area contributed by atoms with Crippen LogP contribution in [0.5, 0.6) is 11.8 Å². The minimum atomic E-state index is -0.798. The molecule has 1 aromatic rings. The third-order valence-corrected chi connectivity index (χ3v) is 1.86. The Balaban J connectivity index is 3.11. The van der Waals surface area contributed by atoms with Crippen molar-refractivity contribution < 1.29 is 14.3 Å². The van der Waals surface area contributed by atoms with Crippen LogP contribution in [0.4, 0.5) is 10.7 Å². The Bertz CT molecular complexity index is 351. The molecular formula is C7H10N4O3S. The van der Waals surface area contributed by atoms with Gasteiger partial charge in [0, 0.05) is 0 Å². The minimum Gasteiger partial charge on any atom is -0.481 e. The van der Waals surface area contributed by atoms with Gasteiger partial charge < -0.3 is 15.2 Å². The van der Waals surface area contributed by atoms with E-state index in [2.05, 4.69) is 22.8 Å². The Labute approximate surface area is 91.7 Å². The molecule has 1 heterocycles. The summed E-state index contributed by atoms with van der Waals surface area (Å²) in [5.74, 6) is 0.483. The van der Waals surface area contributed by atoms with Gasteiger partial charge in [-0.25, -0.2) is 9.10 Å². The van der Waals surface area contributed by atoms with Crippen molar-refractivity contribution in [2.75, 3.05) is 18.5 Å². The van der Waals surface area contributed by atoms with Crippen molar-refractivity contribution in [2.45, 2.75) is 0 Å². The number of carbonyl (C=O) groups is 1. The minimum absolute atomic E-state index is 0.0120. The molecule has 0 atom stereocenters. The summed E-state index contributed by atoms with van der Waals surface area (Å²) in [7, 11) is 2.86. The first-order valence-electron chi connectivity index (χ1n) is 3.84. The Morgan fingerprint density at radius 1 is 1.40 bits per heavy atom. The second kappa shape index (κ2) is 4.69. The van der Waals surface area contributed by atoms with Crippen molar-refractivity contribution in [1.82, 2.24) is 9.97 Å². The van der Waals surface area contributed by atoms with E-state index < -0.39 is 6.03 Å². The largest absolute Gasteiger partial charge is 0.481 e. The number of urea groups is 1. The molecule has 15 heavy (non-hydrogen) atoms. The van der Waals surface area contributed by atoms with E-state index in [0.29, 0.717) is 0 Å². The fourth-order valence-electron chi connectivity index (χ4n) is 0.795. The van der Waals surface area contributed by atoms with Crippen LogP contribution in [0.1, 0.15) is 0 Å². The summed E-state index contributed by atoms with van der Waals surface area (Å²) in [6.45, 7) is 0. The number of ether oxygens (including phenoxy) is 2. The zero-order valence-corrected chi connectivity index (χ0v) is 9.06. The number of methoxy groups -OCH3 is 2. The van der Waals surface area contributed by atoms with Crippen molar-refractivity contribution in [1.29, 1.82) is 0 Å². The number of anilines is 1. The van der Waals surface area contributed by atoms with Crippen LogP contribution in [0.25, 0.3) is 0 Å². The van der Waals surface area contributed by atoms with Gasteiger partial charge in [0.05, 0.1) is 20.3 Å². The van der Waals surface area contributed by atoms with Gasteiger partial charge in [0.2, 0.25) is 11.8 Å². The van der Waals surface area contributed by atoms with Crippen LogP contribution in [0, 0.1) is 0 Å². The van der Waals surface area contributed by atoms with E-state index in [4.69, 9.17) is 15.2 Å². The highest BCUT2D eigenvalue weighted by molar-refractivity contribution is 7.82. The third kappa shape index (κ3) is 2.62. The second-order valence-corrected chi connectivity index (χ2v) is 2.80. The molecule has 0 aliphatic rings. The molecular weight excluding hydrogens is 220 g/mol. The van der Waals surface area contributed by atoms with Gasteiger partial charge >= 0.3 is 6.03 Å². The summed E-state index contributed by atoms with van der Waals surface area (Å²) in [4.78, 5) is 18.5. The molecule has 0 fully saturated rings. The Morgan fingerprint density at radius 3 is 2.20 bits per heavy atom. The lowest BCUT2D eigenvalue weighted by atomic mass is 10.6. The van der Waals surface area contributed by atoms with E-state index in [-0.39, 0.29) is 17.7 Å². The molecule has 0 bridgehead atoms. The van der Waals surface area contributed by atoms with Gasteiger partial charge in [0.25, 0.3) is 5.95 Å². The molecule has 0 unspecified atom stereocenters. The molecule has 0 saturated carbocycles. The van der Waals surface area contributed by atoms with Crippen molar-refractivity contribution in [2.24, 2.45) is 5.73 Å². The van der Waals surface area contributed by atoms with Crippen molar-refractivity contribution in [3.63, 3.8) is 0 Å². The third-order valence-electron chi connectivity index (χ3n) is 1.48. The number of rotatable bonds is 3. The Morgan fingerprint density at radius 2 is 1.87 bits per heavy atom. The Kier molecular flexibility index (Phi) is 3.56. The molecule has 8 heteroatoms. The molecule has 1 rings (SSSR count). The molecule has 0 aliphatic carbocycles. The number of hydrogen-bond donors (Lipinski definition) is 2. The lowest BCUT2D eigenvalue weighted by Gasteiger charge is -2.12. The van der Waals surface area contributed by atoms with Crippen molar-refractivity contribution >= 4 is 24.8 Å². The highest BCUT2D eigenvalue weighted by Gasteiger charge is 2.14. The lowest BCUT2D eigenvalue weighted by molar-refractivity contribution is 0.257. The second-order valence-electron chi connectivity index (χ2n) is 2.40. The van der Waals surface area contributed by atoms with E-state index in [1.165, 1.54) is 20.3 Å². The first-order chi connectivity index (χ1) is 7.08. The number of nitrogens with zero attached hydrogens (tertiary/aromatic N) is 3. The van der Waals surface area contributed by atoms with Crippen molar-refractivity contribution in [3.05, 3.63) is 6.07 Å². The summed E-state index contributed by atoms with van der Waals surface area (Å²) >= 11 is 3.81. The van der Waals surface area contributed by atoms with Crippen LogP contribution < -0.4 is 19.5 Å². The van der Waals surface area contributed by atoms with Gasteiger partial charge in [-0.1, -0.05) is 12.8 Å². The van der Waals surface area contributed by atoms with Gasteiger partial charge in [-0.05, 0) is 0 Å². The molecule has 0 saturated heterocycles. The molecule has 0 aliphatic heterocycles. The highest BCUT2D eigenvalue weighted by atomic mass is 32.1. The lowest BCUT2D eigenvalue weighted by Crippen LogP contribution is -2.28. The molecule has 82 valence electrons. The Hall–Kier alpha value is -1.70. The average Bonchev–Trinajstić information content (AvgIpc) is 2.27. The van der Waals surface area contributed by atoms with Gasteiger partial charge in [0.1, 0.15) is 0 Å². The number of thiol groups is 1. The summed E-state index contributed by atoms with van der Waals surface area (Å²) in [5.41, 5.74) is 5.00. The number of carbonyl (C=O) groups excluding carboxylic acids is 1. The number of amides is 2. The molecule has 0 aromatic carbocycles. The zero-order valence-electron chi connectivity index (χ0n) is 8.17. The van der Waals surface area contributed by atoms with Crippen LogP contribution in [0.3, 0.4) is 0 Å². The summed E-state index contributed by atoms with van der Waals surface area (Å²) in [6, 6.07) is 0.667. The van der Waals surface area contributed by atoms with Gasteiger partial charge in [0.15, 0.2) is 0 Å². The summed E-state index contributed by atoms with van der Waals surface area (Å²) in [5, 5.41) is 0. The van der Waals surface area contributed by atoms with E-state index in [1.54, 1.807) is 0 Å². The molecule has 7 nitrogen and oxygen atoms in total. The van der Waals surface area contributed by atoms with E-state index in [1.807, 2.05) is 0 Å². The SMILES string of the molecule is COc1cc(OC)nc(N(S)C(N)=O)n1. The summed E-state index contributed by atoms with van der Waals surface area (Å²) in [6.07, 6.45) is 0. The van der Waals surface area contributed by atoms with Crippen LogP contribution in [-0.4, -0.2) is 30.2 Å². The standard InChI is InChI=1S/C7H10N4O3S/c1-13-4-3-5(14-2)10-7(9-4)11(15)6(8)12/h3,15H,1-2H3,(H2,8,12). The first-order valence-corrected chi connectivity index (χ1v) is 4.24. The fraction of sp³-hybridized carbons (Fsp3) is 0.286. The normalized spacial score (nSPS) is 9.53. The highest BCUT2D eigenvalue weighted by Crippen LogP contribution is 2.20. The molecule has 2 amide bonds. The summed E-state index contributed by atoms with van der Waals surface area (Å²) < 4.78 is 10.5. The molecule has 2 N–H and O–H groups in total. The molecule has 1 aromatic heterocycles. The number of nitrogens with two attached hydrogens (primary N) is 1. The molecule has 0 spiro atoms. The van der Waals surface area contributed by atoms with Crippen LogP contribution >= 0.6 is 12.8 Å². The van der Waals surface area contributed by atoms with Crippen molar-refractivity contribution in [3.8, 4) is 11.8 Å². The number of aromatic nitrogens is 2. The van der Waals surface area contributed by atoms with Gasteiger partial charge in [-0.15, -0.1) is 0 Å². The predicted molar refractivity (Wildman–Crippen MR) is 56.2 cm³/mol. The number of primary amides is 1. The van der Waals surface area contributed by atoms with Gasteiger partial charge in [-0.3, -0.25) is 0 Å². The van der Waals surface area contributed by atoms with E-state index in [9.17, 15) is 4.79 Å². The first kappa shape index (κ1) is 11.4. The van der Waals surface area contributed by atoms with Crippen LogP contribution in [0.15, 0.2) is 6.07 Å².